The summed E-state index contributed by atoms with van der Waals surface area (Å²) < 4.78 is 16.5. The molecule has 0 spiro atoms. The minimum absolute atomic E-state index is 0. The van der Waals surface area contributed by atoms with Gasteiger partial charge in [0.15, 0.2) is 0 Å². The van der Waals surface area contributed by atoms with Gasteiger partial charge < -0.3 is 58.4 Å². The number of aryl methyl sites for hydroxylation is 2. The van der Waals surface area contributed by atoms with Crippen LogP contribution in [0.15, 0.2) is 98.1 Å². The molecule has 4 saturated heterocycles. The number of rotatable bonds is 10. The smallest absolute Gasteiger partial charge is 0.548 e. The number of imidazole rings is 2. The first-order valence-electron chi connectivity index (χ1n) is 28.4. The number of piperidine rings is 2. The van der Waals surface area contributed by atoms with Gasteiger partial charge in [0.05, 0.1) is 65.6 Å². The summed E-state index contributed by atoms with van der Waals surface area (Å²) in [5.41, 5.74) is 7.75. The normalized spacial score (nSPS) is 22.9. The van der Waals surface area contributed by atoms with Crippen molar-refractivity contribution in [2.75, 3.05) is 65.4 Å². The van der Waals surface area contributed by atoms with Crippen molar-refractivity contribution in [3.8, 4) is 11.5 Å². The number of hydrogen-bond donors (Lipinski definition) is 3. The summed E-state index contributed by atoms with van der Waals surface area (Å²) in [6.07, 6.45) is 16.3. The van der Waals surface area contributed by atoms with E-state index < -0.39 is 32.2 Å². The number of likely N-dealkylation sites (tertiary alicyclic amines) is 1. The molecular weight excluding hydrogens is 1080 g/mol. The van der Waals surface area contributed by atoms with Gasteiger partial charge in [0.1, 0.15) is 24.7 Å². The molecule has 0 aliphatic carbocycles. The summed E-state index contributed by atoms with van der Waals surface area (Å²) in [6.45, 7) is 16.8. The molecule has 2 aromatic carbocycles. The van der Waals surface area contributed by atoms with Gasteiger partial charge in [0.25, 0.3) is 0 Å². The Balaban J connectivity index is 0.000000166. The second-order valence-electron chi connectivity index (χ2n) is 22.4. The van der Waals surface area contributed by atoms with Crippen LogP contribution in [0.2, 0.25) is 23.7 Å². The Morgan fingerprint density at radius 1 is 0.683 bits per heavy atom. The van der Waals surface area contributed by atoms with Crippen molar-refractivity contribution in [1.82, 2.24) is 58.7 Å². The molecule has 6 atom stereocenters. The molecule has 4 fully saturated rings. The maximum Gasteiger partial charge on any atom is 1.00 e. The summed E-state index contributed by atoms with van der Waals surface area (Å²) in [5.74, 6) is 1.45. The van der Waals surface area contributed by atoms with Crippen molar-refractivity contribution in [2.24, 2.45) is 11.8 Å². The first kappa shape index (κ1) is 61.3. The van der Waals surface area contributed by atoms with E-state index in [4.69, 9.17) is 37.7 Å². The molecule has 6 aliphatic rings. The standard InChI is InChI=1S/C29H36BClN6O3.C19H21BClN3O4.C10H17N3.Li/c1-20-14-34(19-33-20)15-21-5-4-10-36(16-21)29(38)25-17-35(11-12-37(25)30(2)39)28-24-8-7-23(31)13-26(24)40-18-22-6-3-9-32-27(22)28;1-20(27)24-8-7-23(10-15(24)19(25)26)18-14-5-4-13(21)9-16(14)28-11-12-3-2-6-22-17(12)18;1-9-6-13(8-12-9)7-10-3-2-4-11-5-10;/h3,6-9,13-14,19,21,25,28,39H,4-5,10-12,15-18H2,1-2H3;2-6,9,15,18,27H,7-8,10-11H2,1H3,(H,25,26);6,8,10-11H,2-5,7H2,1H3;/q;;;+1/p-1/t21-,25?,28+;15-,18-;10-;/m011./s1. The SMILES string of the molecule is CB(O)N1CCN([C@@H]2c3ccc(Cl)cc3OCc3cccnc32)CC1C(=O)N1CCC[C@@H](Cn2cnc(C)c2)C1.CB(O)N1CCN([C@@H]2c3ccc(Cl)cc3OCc3cccnc32)C[C@@H]1C(=O)[O-].Cc1cn(C[C@@H]2CCCNC2)cn1.[Li+]. The molecule has 6 aliphatic heterocycles. The van der Waals surface area contributed by atoms with E-state index in [-0.39, 0.29) is 43.4 Å². The van der Waals surface area contributed by atoms with Gasteiger partial charge in [-0.3, -0.25) is 24.6 Å². The fraction of sp³-hybridized carbons (Fsp3) is 0.483. The first-order valence-corrected chi connectivity index (χ1v) is 29.2. The predicted octanol–water partition coefficient (Wildman–Crippen LogP) is 2.02. The predicted molar refractivity (Wildman–Crippen MR) is 309 cm³/mol. The second-order valence-corrected chi connectivity index (χ2v) is 23.2. The summed E-state index contributed by atoms with van der Waals surface area (Å²) in [7, 11) is -1.58. The Bertz CT molecular complexity index is 3120. The average Bonchev–Trinajstić information content (AvgIpc) is 3.59. The number of pyridine rings is 2. The van der Waals surface area contributed by atoms with Crippen molar-refractivity contribution in [2.45, 2.75) is 104 Å². The molecule has 0 radical (unpaired) electrons. The molecule has 12 rings (SSSR count). The first-order chi connectivity index (χ1) is 39.2. The monoisotopic (exact) mass is 1150 g/mol. The number of carboxylic acids is 1. The van der Waals surface area contributed by atoms with Crippen molar-refractivity contribution >= 4 is 49.2 Å². The van der Waals surface area contributed by atoms with Gasteiger partial charge in [-0.1, -0.05) is 47.5 Å². The van der Waals surface area contributed by atoms with Crippen LogP contribution in [-0.4, -0.2) is 167 Å². The van der Waals surface area contributed by atoms with Crippen molar-refractivity contribution in [1.29, 1.82) is 0 Å². The van der Waals surface area contributed by atoms with E-state index in [2.05, 4.69) is 51.6 Å². The third kappa shape index (κ3) is 14.6. The van der Waals surface area contributed by atoms with Crippen LogP contribution in [0.3, 0.4) is 0 Å². The van der Waals surface area contributed by atoms with Gasteiger partial charge in [0, 0.05) is 123 Å². The summed E-state index contributed by atoms with van der Waals surface area (Å²) >= 11 is 12.5. The number of ether oxygens (including phenoxy) is 2. The van der Waals surface area contributed by atoms with Gasteiger partial charge in [0.2, 0.25) is 5.91 Å². The zero-order valence-corrected chi connectivity index (χ0v) is 49.2. The molecule has 19 nitrogen and oxygen atoms in total. The largest absolute Gasteiger partial charge is 1.00 e. The quantitative estimate of drug-likeness (QED) is 0.168. The van der Waals surface area contributed by atoms with Gasteiger partial charge in [-0.15, -0.1) is 0 Å². The number of benzene rings is 2. The number of amides is 1. The fourth-order valence-electron chi connectivity index (χ4n) is 12.6. The number of nitrogens with zero attached hydrogens (tertiary/aromatic N) is 11. The zero-order valence-electron chi connectivity index (χ0n) is 47.7. The van der Waals surface area contributed by atoms with Gasteiger partial charge in [-0.2, -0.15) is 0 Å². The van der Waals surface area contributed by atoms with E-state index in [0.717, 1.165) is 95.7 Å². The fourth-order valence-corrected chi connectivity index (χ4v) is 12.9. The van der Waals surface area contributed by atoms with Gasteiger partial charge >= 0.3 is 33.0 Å². The average molecular weight is 1150 g/mol. The molecule has 1 unspecified atom stereocenters. The van der Waals surface area contributed by atoms with Crippen LogP contribution in [-0.2, 0) is 35.9 Å². The van der Waals surface area contributed by atoms with E-state index in [1.165, 1.54) is 19.4 Å². The molecule has 1 amide bonds. The molecule has 428 valence electrons. The molecular formula is C58H73B2Cl2LiN12O7. The number of aromatic nitrogens is 6. The molecule has 4 aromatic heterocycles. The van der Waals surface area contributed by atoms with Crippen LogP contribution in [0.4, 0.5) is 0 Å². The number of carboxylic acid groups (broad SMARTS) is 1. The van der Waals surface area contributed by atoms with Gasteiger partial charge in [-0.05, 0) is 115 Å². The molecule has 10 heterocycles. The van der Waals surface area contributed by atoms with E-state index >= 15 is 0 Å². The molecule has 6 aromatic rings. The number of carbonyl (C=O) groups excluding carboxylic acids is 2. The number of nitrogens with one attached hydrogen (secondary N) is 1. The third-order valence-corrected chi connectivity index (χ3v) is 17.0. The molecule has 0 bridgehead atoms. The van der Waals surface area contributed by atoms with E-state index in [9.17, 15) is 24.7 Å². The minimum atomic E-state index is -1.20. The number of fused-ring (bicyclic) bond motifs is 4. The zero-order chi connectivity index (χ0) is 56.7. The Morgan fingerprint density at radius 2 is 1.20 bits per heavy atom. The van der Waals surface area contributed by atoms with Crippen LogP contribution < -0.4 is 38.8 Å². The molecule has 82 heavy (non-hydrogen) atoms. The minimum Gasteiger partial charge on any atom is -0.548 e. The molecule has 3 N–H and O–H groups in total. The van der Waals surface area contributed by atoms with E-state index in [0.29, 0.717) is 74.2 Å². The summed E-state index contributed by atoms with van der Waals surface area (Å²) in [4.78, 5) is 53.8. The second kappa shape index (κ2) is 28.1. The summed E-state index contributed by atoms with van der Waals surface area (Å²) in [6, 6.07) is 17.2. The van der Waals surface area contributed by atoms with Crippen LogP contribution in [0.1, 0.15) is 82.8 Å². The van der Waals surface area contributed by atoms with Crippen LogP contribution in [0.5, 0.6) is 11.5 Å². The molecule has 0 saturated carbocycles. The Morgan fingerprint density at radius 3 is 1.68 bits per heavy atom. The number of hydrogen-bond acceptors (Lipinski definition) is 16. The van der Waals surface area contributed by atoms with Crippen molar-refractivity contribution in [3.63, 3.8) is 0 Å². The maximum absolute atomic E-state index is 14.2. The van der Waals surface area contributed by atoms with Crippen LogP contribution in [0.25, 0.3) is 0 Å². The Hall–Kier alpha value is -5.27. The Kier molecular flexibility index (Phi) is 21.0. The van der Waals surface area contributed by atoms with E-state index in [1.807, 2.05) is 90.9 Å². The number of piperazine rings is 2. The van der Waals surface area contributed by atoms with Crippen LogP contribution >= 0.6 is 23.2 Å². The van der Waals surface area contributed by atoms with Crippen molar-refractivity contribution in [3.05, 3.63) is 153 Å². The van der Waals surface area contributed by atoms with Crippen molar-refractivity contribution < 1.29 is 53.1 Å². The van der Waals surface area contributed by atoms with E-state index in [1.54, 1.807) is 36.8 Å². The van der Waals surface area contributed by atoms with Gasteiger partial charge in [-0.25, -0.2) is 9.97 Å². The van der Waals surface area contributed by atoms with Crippen LogP contribution in [0, 0.1) is 25.7 Å². The number of carbonyl (C=O) groups is 2. The summed E-state index contributed by atoms with van der Waals surface area (Å²) in [5, 5.41) is 37.0. The topological polar surface area (TPSA) is 206 Å². The third-order valence-electron chi connectivity index (χ3n) is 16.5. The molecule has 24 heteroatoms. The number of aliphatic carboxylic acids is 1. The maximum atomic E-state index is 14.2. The number of halogens is 2. The Labute approximate surface area is 503 Å².